The topological polar surface area (TPSA) is 41.1 Å². The Labute approximate surface area is 92.0 Å². The van der Waals surface area contributed by atoms with Gasteiger partial charge in [-0.25, -0.2) is 0 Å². The van der Waals surface area contributed by atoms with Gasteiger partial charge in [0, 0.05) is 18.5 Å². The Bertz CT molecular complexity index is 220. The van der Waals surface area contributed by atoms with Crippen molar-refractivity contribution in [3.8, 4) is 0 Å². The average molecular weight is 210 g/mol. The molecule has 1 aliphatic heterocycles. The second-order valence-electron chi connectivity index (χ2n) is 5.00. The minimum atomic E-state index is 0.238. The van der Waals surface area contributed by atoms with Gasteiger partial charge in [-0.15, -0.1) is 0 Å². The lowest BCUT2D eigenvalue weighted by Crippen LogP contribution is -2.34. The molecule has 1 unspecified atom stereocenters. The summed E-state index contributed by atoms with van der Waals surface area (Å²) in [7, 11) is 0. The van der Waals surface area contributed by atoms with Gasteiger partial charge in [-0.05, 0) is 44.6 Å². The number of carbonyl (C=O) groups excluding carboxylic acids is 1. The summed E-state index contributed by atoms with van der Waals surface area (Å²) in [5.74, 6) is 1.17. The lowest BCUT2D eigenvalue weighted by molar-refractivity contribution is -0.125. The van der Waals surface area contributed by atoms with Crippen LogP contribution in [0.3, 0.4) is 0 Å². The second-order valence-corrected chi connectivity index (χ2v) is 5.00. The van der Waals surface area contributed by atoms with Gasteiger partial charge in [-0.3, -0.25) is 4.79 Å². The van der Waals surface area contributed by atoms with Crippen molar-refractivity contribution in [3.05, 3.63) is 0 Å². The van der Waals surface area contributed by atoms with Crippen LogP contribution in [-0.2, 0) is 4.79 Å². The van der Waals surface area contributed by atoms with Crippen LogP contribution >= 0.6 is 0 Å². The van der Waals surface area contributed by atoms with E-state index in [-0.39, 0.29) is 11.8 Å². The van der Waals surface area contributed by atoms with Gasteiger partial charge in [0.25, 0.3) is 0 Å². The van der Waals surface area contributed by atoms with Crippen molar-refractivity contribution in [1.29, 1.82) is 0 Å². The second kappa shape index (κ2) is 4.97. The molecular formula is C12H22N2O. The molecule has 1 saturated carbocycles. The summed E-state index contributed by atoms with van der Waals surface area (Å²) in [5, 5.41) is 6.50. The Morgan fingerprint density at radius 1 is 1.47 bits per heavy atom. The minimum absolute atomic E-state index is 0.238. The van der Waals surface area contributed by atoms with E-state index in [0.29, 0.717) is 12.0 Å². The van der Waals surface area contributed by atoms with Crippen LogP contribution in [0.25, 0.3) is 0 Å². The first-order valence-corrected chi connectivity index (χ1v) is 6.28. The number of amides is 1. The Morgan fingerprint density at radius 3 is 2.87 bits per heavy atom. The Hall–Kier alpha value is -0.570. The predicted molar refractivity (Wildman–Crippen MR) is 60.5 cm³/mol. The fourth-order valence-corrected chi connectivity index (χ4v) is 2.34. The summed E-state index contributed by atoms with van der Waals surface area (Å²) in [6.07, 6.45) is 6.14. The summed E-state index contributed by atoms with van der Waals surface area (Å²) in [5.41, 5.74) is 0. The highest BCUT2D eigenvalue weighted by Gasteiger charge is 2.32. The average Bonchev–Trinajstić information content (AvgIpc) is 2.96. The van der Waals surface area contributed by atoms with E-state index in [0.717, 1.165) is 19.5 Å². The molecule has 0 bridgehead atoms. The molecule has 0 aromatic carbocycles. The molecule has 15 heavy (non-hydrogen) atoms. The Kier molecular flexibility index (Phi) is 3.62. The van der Waals surface area contributed by atoms with Crippen molar-refractivity contribution in [2.75, 3.05) is 13.1 Å². The van der Waals surface area contributed by atoms with Gasteiger partial charge in [0.05, 0.1) is 0 Å². The van der Waals surface area contributed by atoms with Gasteiger partial charge in [-0.1, -0.05) is 6.92 Å². The van der Waals surface area contributed by atoms with Gasteiger partial charge >= 0.3 is 0 Å². The van der Waals surface area contributed by atoms with E-state index in [9.17, 15) is 4.79 Å². The monoisotopic (exact) mass is 210 g/mol. The van der Waals surface area contributed by atoms with Crippen molar-refractivity contribution < 1.29 is 4.79 Å². The van der Waals surface area contributed by atoms with E-state index >= 15 is 0 Å². The molecule has 2 rings (SSSR count). The normalized spacial score (nSPS) is 27.7. The minimum Gasteiger partial charge on any atom is -0.356 e. The number of hydrogen-bond donors (Lipinski definition) is 2. The smallest absolute Gasteiger partial charge is 0.223 e. The third-order valence-corrected chi connectivity index (χ3v) is 3.70. The Morgan fingerprint density at radius 2 is 2.27 bits per heavy atom. The van der Waals surface area contributed by atoms with E-state index in [2.05, 4.69) is 17.6 Å². The summed E-state index contributed by atoms with van der Waals surface area (Å²) in [6.45, 7) is 4.05. The molecule has 1 amide bonds. The van der Waals surface area contributed by atoms with Crippen LogP contribution in [-0.4, -0.2) is 25.0 Å². The molecule has 1 saturated heterocycles. The van der Waals surface area contributed by atoms with Crippen LogP contribution in [0.15, 0.2) is 0 Å². The zero-order valence-corrected chi connectivity index (χ0v) is 9.59. The Balaban J connectivity index is 1.58. The van der Waals surface area contributed by atoms with Crippen molar-refractivity contribution in [2.24, 2.45) is 11.8 Å². The largest absolute Gasteiger partial charge is 0.356 e. The molecule has 1 aliphatic carbocycles. The molecule has 2 atom stereocenters. The highest BCUT2D eigenvalue weighted by molar-refractivity contribution is 5.78. The molecule has 2 aliphatic rings. The van der Waals surface area contributed by atoms with Crippen molar-refractivity contribution in [1.82, 2.24) is 10.6 Å². The molecular weight excluding hydrogens is 188 g/mol. The lowest BCUT2D eigenvalue weighted by Gasteiger charge is -2.13. The van der Waals surface area contributed by atoms with Gasteiger partial charge < -0.3 is 10.6 Å². The molecule has 2 N–H and O–H groups in total. The van der Waals surface area contributed by atoms with Crippen LogP contribution in [0.2, 0.25) is 0 Å². The molecule has 1 heterocycles. The standard InChI is InChI=1S/C12H22N2O/c1-9(10-4-5-10)12(15)14-8-6-11-3-2-7-13-11/h9-11,13H,2-8H2,1H3,(H,14,15)/t9?,11-/m1/s1. The van der Waals surface area contributed by atoms with E-state index < -0.39 is 0 Å². The first-order chi connectivity index (χ1) is 7.27. The lowest BCUT2D eigenvalue weighted by atomic mass is 10.1. The van der Waals surface area contributed by atoms with Crippen LogP contribution < -0.4 is 10.6 Å². The van der Waals surface area contributed by atoms with Crippen LogP contribution in [0, 0.1) is 11.8 Å². The molecule has 0 radical (unpaired) electrons. The molecule has 2 fully saturated rings. The SMILES string of the molecule is CC(C(=O)NCC[C@H]1CCCN1)C1CC1. The number of nitrogens with one attached hydrogen (secondary N) is 2. The predicted octanol–water partition coefficient (Wildman–Crippen LogP) is 1.29. The summed E-state index contributed by atoms with van der Waals surface area (Å²) in [6, 6.07) is 0.640. The molecule has 0 aromatic rings. The number of carbonyl (C=O) groups is 1. The maximum absolute atomic E-state index is 11.7. The van der Waals surface area contributed by atoms with Crippen LogP contribution in [0.4, 0.5) is 0 Å². The maximum Gasteiger partial charge on any atom is 0.223 e. The fourth-order valence-electron chi connectivity index (χ4n) is 2.34. The zero-order valence-electron chi connectivity index (χ0n) is 9.59. The quantitative estimate of drug-likeness (QED) is 0.718. The number of rotatable bonds is 5. The fraction of sp³-hybridized carbons (Fsp3) is 0.917. The molecule has 86 valence electrons. The maximum atomic E-state index is 11.7. The van der Waals surface area contributed by atoms with E-state index in [1.54, 1.807) is 0 Å². The van der Waals surface area contributed by atoms with Crippen LogP contribution in [0.1, 0.15) is 39.0 Å². The third-order valence-electron chi connectivity index (χ3n) is 3.70. The summed E-state index contributed by atoms with van der Waals surface area (Å²) < 4.78 is 0. The van der Waals surface area contributed by atoms with Gasteiger partial charge in [0.1, 0.15) is 0 Å². The highest BCUT2D eigenvalue weighted by Crippen LogP contribution is 2.36. The van der Waals surface area contributed by atoms with Crippen LogP contribution in [0.5, 0.6) is 0 Å². The molecule has 0 aromatic heterocycles. The molecule has 3 heteroatoms. The zero-order chi connectivity index (χ0) is 10.7. The molecule has 0 spiro atoms. The van der Waals surface area contributed by atoms with E-state index in [1.165, 1.54) is 25.7 Å². The first kappa shape index (κ1) is 10.9. The van der Waals surface area contributed by atoms with Crippen molar-refractivity contribution >= 4 is 5.91 Å². The number of hydrogen-bond acceptors (Lipinski definition) is 2. The van der Waals surface area contributed by atoms with Crippen molar-refractivity contribution in [3.63, 3.8) is 0 Å². The van der Waals surface area contributed by atoms with Crippen molar-refractivity contribution in [2.45, 2.75) is 45.1 Å². The summed E-state index contributed by atoms with van der Waals surface area (Å²) in [4.78, 5) is 11.7. The highest BCUT2D eigenvalue weighted by atomic mass is 16.1. The van der Waals surface area contributed by atoms with Gasteiger partial charge in [0.2, 0.25) is 5.91 Å². The van der Waals surface area contributed by atoms with Gasteiger partial charge in [0.15, 0.2) is 0 Å². The van der Waals surface area contributed by atoms with Gasteiger partial charge in [-0.2, -0.15) is 0 Å². The van der Waals surface area contributed by atoms with E-state index in [1.807, 2.05) is 0 Å². The summed E-state index contributed by atoms with van der Waals surface area (Å²) >= 11 is 0. The molecule has 3 nitrogen and oxygen atoms in total. The third kappa shape index (κ3) is 3.20. The first-order valence-electron chi connectivity index (χ1n) is 6.28. The van der Waals surface area contributed by atoms with E-state index in [4.69, 9.17) is 0 Å².